The molecule has 0 spiro atoms. The van der Waals surface area contributed by atoms with E-state index in [0.717, 1.165) is 7.69 Å². The molecule has 17 heavy (non-hydrogen) atoms. The molecular weight excluding hydrogens is 262 g/mol. The fraction of sp³-hybridized carbons (Fsp3) is 0. The summed E-state index contributed by atoms with van der Waals surface area (Å²) in [6.07, 6.45) is 6.05. The van der Waals surface area contributed by atoms with Gasteiger partial charge in [0.2, 0.25) is 0 Å². The molecule has 85 valence electrons. The van der Waals surface area contributed by atoms with Crippen LogP contribution in [0.3, 0.4) is 0 Å². The zero-order valence-corrected chi connectivity index (χ0v) is 10.0. The van der Waals surface area contributed by atoms with Crippen LogP contribution in [0, 0.1) is 0 Å². The average Bonchev–Trinajstić information content (AvgIpc) is 2.29. The number of pyridine rings is 2. The standard InChI is InChI=1S/C10H6BCl2N2O2/c12-7-1-9(5-14-3-7)16-11-17-10-2-8(13)4-15-6-10/h1-6H. The summed E-state index contributed by atoms with van der Waals surface area (Å²) in [7, 11) is 1.15. The molecule has 0 unspecified atom stereocenters. The number of nitrogens with zero attached hydrogens (tertiary/aromatic N) is 2. The summed E-state index contributed by atoms with van der Waals surface area (Å²) in [5.74, 6) is 0.958. The van der Waals surface area contributed by atoms with Crippen LogP contribution in [-0.2, 0) is 0 Å². The summed E-state index contributed by atoms with van der Waals surface area (Å²) in [5.41, 5.74) is 0. The van der Waals surface area contributed by atoms with Gasteiger partial charge in [0.25, 0.3) is 0 Å². The van der Waals surface area contributed by atoms with E-state index < -0.39 is 0 Å². The first-order valence-corrected chi connectivity index (χ1v) is 5.36. The van der Waals surface area contributed by atoms with E-state index in [-0.39, 0.29) is 0 Å². The molecule has 2 rings (SSSR count). The molecule has 4 nitrogen and oxygen atoms in total. The highest BCUT2D eigenvalue weighted by molar-refractivity contribution is 6.31. The van der Waals surface area contributed by atoms with E-state index in [1.54, 1.807) is 12.1 Å². The summed E-state index contributed by atoms with van der Waals surface area (Å²) in [6, 6.07) is 3.23. The van der Waals surface area contributed by atoms with Crippen LogP contribution >= 0.6 is 23.2 Å². The molecule has 0 aromatic carbocycles. The van der Waals surface area contributed by atoms with Crippen LogP contribution in [0.4, 0.5) is 0 Å². The molecule has 1 radical (unpaired) electrons. The Bertz CT molecular complexity index is 468. The molecule has 2 aromatic rings. The van der Waals surface area contributed by atoms with Gasteiger partial charge in [0, 0.05) is 24.5 Å². The maximum atomic E-state index is 5.74. The second-order valence-electron chi connectivity index (χ2n) is 3.01. The smallest absolute Gasteiger partial charge is 0.525 e. The van der Waals surface area contributed by atoms with Gasteiger partial charge in [-0.2, -0.15) is 0 Å². The molecule has 7 heteroatoms. The Morgan fingerprint density at radius 2 is 1.29 bits per heavy atom. The van der Waals surface area contributed by atoms with Crippen molar-refractivity contribution in [1.82, 2.24) is 9.97 Å². The predicted octanol–water partition coefficient (Wildman–Crippen LogP) is 2.78. The highest BCUT2D eigenvalue weighted by atomic mass is 35.5. The maximum absolute atomic E-state index is 5.74. The second-order valence-corrected chi connectivity index (χ2v) is 3.88. The Labute approximate surface area is 109 Å². The van der Waals surface area contributed by atoms with Gasteiger partial charge in [-0.1, -0.05) is 23.2 Å². The fourth-order valence-corrected chi connectivity index (χ4v) is 1.38. The molecule has 2 aromatic heterocycles. The Morgan fingerprint density at radius 3 is 1.71 bits per heavy atom. The normalized spacial score (nSPS) is 9.76. The minimum atomic E-state index is 0.479. The summed E-state index contributed by atoms with van der Waals surface area (Å²) >= 11 is 11.5. The topological polar surface area (TPSA) is 44.2 Å². The first-order valence-electron chi connectivity index (χ1n) is 4.60. The number of hydrogen-bond donors (Lipinski definition) is 0. The van der Waals surface area contributed by atoms with Crippen LogP contribution in [0.5, 0.6) is 11.5 Å². The summed E-state index contributed by atoms with van der Waals surface area (Å²) in [6.45, 7) is 0. The van der Waals surface area contributed by atoms with Crippen LogP contribution in [0.25, 0.3) is 0 Å². The van der Waals surface area contributed by atoms with Gasteiger partial charge in [-0.3, -0.25) is 9.97 Å². The molecule has 0 bridgehead atoms. The van der Waals surface area contributed by atoms with Crippen molar-refractivity contribution in [2.75, 3.05) is 0 Å². The fourth-order valence-electron chi connectivity index (χ4n) is 1.05. The van der Waals surface area contributed by atoms with E-state index in [9.17, 15) is 0 Å². The maximum Gasteiger partial charge on any atom is 0.658 e. The lowest BCUT2D eigenvalue weighted by atomic mass is 10.3. The van der Waals surface area contributed by atoms with Crippen molar-refractivity contribution >= 4 is 30.9 Å². The Hall–Kier alpha value is -1.46. The van der Waals surface area contributed by atoms with Crippen molar-refractivity contribution < 1.29 is 9.31 Å². The molecule has 0 saturated heterocycles. The van der Waals surface area contributed by atoms with Gasteiger partial charge >= 0.3 is 7.69 Å². The van der Waals surface area contributed by atoms with E-state index >= 15 is 0 Å². The second kappa shape index (κ2) is 5.75. The summed E-state index contributed by atoms with van der Waals surface area (Å²) in [5, 5.41) is 0.973. The van der Waals surface area contributed by atoms with Gasteiger partial charge in [0.15, 0.2) is 0 Å². The van der Waals surface area contributed by atoms with Crippen LogP contribution in [0.15, 0.2) is 36.9 Å². The molecule has 0 aliphatic heterocycles. The Balaban J connectivity index is 1.87. The van der Waals surface area contributed by atoms with Crippen molar-refractivity contribution in [3.63, 3.8) is 0 Å². The molecule has 2 heterocycles. The van der Waals surface area contributed by atoms with E-state index in [1.807, 2.05) is 0 Å². The molecule has 0 atom stereocenters. The third kappa shape index (κ3) is 3.80. The van der Waals surface area contributed by atoms with Crippen LogP contribution in [0.2, 0.25) is 10.0 Å². The van der Waals surface area contributed by atoms with Gasteiger partial charge in [-0.25, -0.2) is 0 Å². The van der Waals surface area contributed by atoms with Crippen LogP contribution in [-0.4, -0.2) is 17.7 Å². The lowest BCUT2D eigenvalue weighted by Gasteiger charge is -2.05. The third-order valence-corrected chi connectivity index (χ3v) is 2.14. The molecule has 0 aliphatic carbocycles. The Kier molecular flexibility index (Phi) is 4.06. The lowest BCUT2D eigenvalue weighted by molar-refractivity contribution is 0.456. The monoisotopic (exact) mass is 267 g/mol. The average molecular weight is 268 g/mol. The molecular formula is C10H6BCl2N2O2. The van der Waals surface area contributed by atoms with Crippen molar-refractivity contribution in [1.29, 1.82) is 0 Å². The zero-order valence-electron chi connectivity index (χ0n) is 8.51. The van der Waals surface area contributed by atoms with Gasteiger partial charge in [0.1, 0.15) is 11.5 Å². The molecule has 0 saturated carbocycles. The SMILES string of the molecule is Clc1cncc(O[B]Oc2cncc(Cl)c2)c1. The minimum Gasteiger partial charge on any atom is -0.525 e. The van der Waals surface area contributed by atoms with Gasteiger partial charge in [0.05, 0.1) is 22.4 Å². The lowest BCUT2D eigenvalue weighted by Crippen LogP contribution is -2.11. The highest BCUT2D eigenvalue weighted by Gasteiger charge is 2.03. The van der Waals surface area contributed by atoms with Gasteiger partial charge in [-0.05, 0) is 0 Å². The Morgan fingerprint density at radius 1 is 0.824 bits per heavy atom. The predicted molar refractivity (Wildman–Crippen MR) is 65.5 cm³/mol. The number of halogens is 2. The number of hydrogen-bond acceptors (Lipinski definition) is 4. The summed E-state index contributed by atoms with van der Waals surface area (Å²) in [4.78, 5) is 7.72. The van der Waals surface area contributed by atoms with Gasteiger partial charge in [-0.15, -0.1) is 0 Å². The molecule has 0 fully saturated rings. The first kappa shape index (κ1) is 12.0. The van der Waals surface area contributed by atoms with E-state index in [0.29, 0.717) is 21.5 Å². The largest absolute Gasteiger partial charge is 0.658 e. The molecule has 0 N–H and O–H groups in total. The quantitative estimate of drug-likeness (QED) is 0.799. The minimum absolute atomic E-state index is 0.479. The third-order valence-electron chi connectivity index (χ3n) is 1.73. The first-order chi connectivity index (χ1) is 8.24. The van der Waals surface area contributed by atoms with Crippen molar-refractivity contribution in [3.05, 3.63) is 47.0 Å². The van der Waals surface area contributed by atoms with E-state index in [4.69, 9.17) is 32.5 Å². The van der Waals surface area contributed by atoms with E-state index in [1.165, 1.54) is 24.8 Å². The zero-order chi connectivity index (χ0) is 12.1. The van der Waals surface area contributed by atoms with Crippen molar-refractivity contribution in [3.8, 4) is 11.5 Å². The van der Waals surface area contributed by atoms with Crippen LogP contribution in [0.1, 0.15) is 0 Å². The van der Waals surface area contributed by atoms with E-state index in [2.05, 4.69) is 9.97 Å². The number of rotatable bonds is 4. The van der Waals surface area contributed by atoms with Crippen molar-refractivity contribution in [2.45, 2.75) is 0 Å². The summed E-state index contributed by atoms with van der Waals surface area (Å²) < 4.78 is 10.3. The van der Waals surface area contributed by atoms with Gasteiger partial charge < -0.3 is 9.31 Å². The highest BCUT2D eigenvalue weighted by Crippen LogP contribution is 2.16. The number of aromatic nitrogens is 2. The molecule has 0 amide bonds. The van der Waals surface area contributed by atoms with Crippen LogP contribution < -0.4 is 9.31 Å². The van der Waals surface area contributed by atoms with Crippen molar-refractivity contribution in [2.24, 2.45) is 0 Å². The molecule has 0 aliphatic rings.